The lowest BCUT2D eigenvalue weighted by Gasteiger charge is -2.28. The maximum Gasteiger partial charge on any atom is 0.338 e. The van der Waals surface area contributed by atoms with Crippen LogP contribution < -0.4 is 15.0 Å². The van der Waals surface area contributed by atoms with E-state index in [9.17, 15) is 19.2 Å². The van der Waals surface area contributed by atoms with Crippen molar-refractivity contribution < 1.29 is 28.7 Å². The normalized spacial score (nSPS) is 20.3. The summed E-state index contributed by atoms with van der Waals surface area (Å²) in [5.41, 5.74) is 2.22. The number of amides is 3. The minimum absolute atomic E-state index is 0.152. The third-order valence-corrected chi connectivity index (χ3v) is 7.32. The second-order valence-electron chi connectivity index (χ2n) is 9.78. The van der Waals surface area contributed by atoms with Gasteiger partial charge in [-0.05, 0) is 80.1 Å². The molecule has 3 amide bonds. The number of nitrogens with zero attached hydrogens (tertiary/aromatic N) is 1. The summed E-state index contributed by atoms with van der Waals surface area (Å²) in [4.78, 5) is 52.8. The third-order valence-electron chi connectivity index (χ3n) is 7.32. The molecule has 0 unspecified atom stereocenters. The van der Waals surface area contributed by atoms with Crippen LogP contribution in [0.5, 0.6) is 5.75 Å². The summed E-state index contributed by atoms with van der Waals surface area (Å²) in [6.07, 6.45) is 2.13. The Morgan fingerprint density at radius 2 is 1.64 bits per heavy atom. The molecule has 8 nitrogen and oxygen atoms in total. The quantitative estimate of drug-likeness (QED) is 0.329. The summed E-state index contributed by atoms with van der Waals surface area (Å²) in [6, 6.07) is 23.2. The van der Waals surface area contributed by atoms with E-state index in [1.807, 2.05) is 25.1 Å². The largest absolute Gasteiger partial charge is 0.494 e. The van der Waals surface area contributed by atoms with E-state index in [0.717, 1.165) is 6.42 Å². The summed E-state index contributed by atoms with van der Waals surface area (Å²) in [7, 11) is 0. The van der Waals surface area contributed by atoms with Crippen molar-refractivity contribution in [3.63, 3.8) is 0 Å². The van der Waals surface area contributed by atoms with Gasteiger partial charge in [-0.25, -0.2) is 4.79 Å². The van der Waals surface area contributed by atoms with E-state index in [1.54, 1.807) is 36.4 Å². The maximum absolute atomic E-state index is 13.4. The van der Waals surface area contributed by atoms with Crippen molar-refractivity contribution >= 4 is 35.1 Å². The Bertz CT molecular complexity index is 1370. The molecular weight excluding hydrogens is 496 g/mol. The predicted molar refractivity (Wildman–Crippen MR) is 145 cm³/mol. The molecule has 8 heteroatoms. The summed E-state index contributed by atoms with van der Waals surface area (Å²) < 4.78 is 10.6. The minimum Gasteiger partial charge on any atom is -0.494 e. The molecule has 0 aromatic heterocycles. The van der Waals surface area contributed by atoms with Crippen LogP contribution in [0.15, 0.2) is 78.9 Å². The van der Waals surface area contributed by atoms with Crippen molar-refractivity contribution in [1.29, 1.82) is 0 Å². The first-order valence-electron chi connectivity index (χ1n) is 13.2. The van der Waals surface area contributed by atoms with Crippen molar-refractivity contribution in [3.8, 4) is 5.75 Å². The smallest absolute Gasteiger partial charge is 0.338 e. The van der Waals surface area contributed by atoms with Crippen LogP contribution in [0, 0.1) is 11.8 Å². The van der Waals surface area contributed by atoms with Crippen molar-refractivity contribution in [2.75, 3.05) is 23.4 Å². The molecule has 3 atom stereocenters. The summed E-state index contributed by atoms with van der Waals surface area (Å²) >= 11 is 0. The van der Waals surface area contributed by atoms with Crippen molar-refractivity contribution in [3.05, 3.63) is 90.0 Å². The topological polar surface area (TPSA) is 102 Å². The lowest BCUT2D eigenvalue weighted by molar-refractivity contribution is -0.122. The molecule has 1 aliphatic heterocycles. The summed E-state index contributed by atoms with van der Waals surface area (Å²) in [6.45, 7) is 1.94. The second kappa shape index (κ2) is 11.5. The summed E-state index contributed by atoms with van der Waals surface area (Å²) in [5.74, 6) is -1.48. The molecule has 200 valence electrons. The van der Waals surface area contributed by atoms with Gasteiger partial charge in [0.2, 0.25) is 11.8 Å². The summed E-state index contributed by atoms with van der Waals surface area (Å²) in [5, 5.41) is 2.66. The Hall–Kier alpha value is -4.46. The number of anilines is 2. The second-order valence-corrected chi connectivity index (χ2v) is 9.78. The van der Waals surface area contributed by atoms with Crippen LogP contribution in [-0.2, 0) is 19.1 Å². The number of ether oxygens (including phenoxy) is 2. The Labute approximate surface area is 226 Å². The van der Waals surface area contributed by atoms with E-state index in [-0.39, 0.29) is 35.1 Å². The number of rotatable bonds is 8. The molecular formula is C31H30N2O6. The zero-order chi connectivity index (χ0) is 27.4. The van der Waals surface area contributed by atoms with E-state index in [4.69, 9.17) is 9.47 Å². The highest BCUT2D eigenvalue weighted by molar-refractivity contribution is 6.22. The zero-order valence-corrected chi connectivity index (χ0v) is 21.7. The zero-order valence-electron chi connectivity index (χ0n) is 21.7. The van der Waals surface area contributed by atoms with Crippen LogP contribution in [0.2, 0.25) is 0 Å². The number of carbonyl (C=O) groups excluding carboxylic acids is 4. The number of imide groups is 1. The van der Waals surface area contributed by atoms with Crippen molar-refractivity contribution in [2.24, 2.45) is 11.8 Å². The van der Waals surface area contributed by atoms with Gasteiger partial charge >= 0.3 is 5.97 Å². The van der Waals surface area contributed by atoms with Gasteiger partial charge < -0.3 is 14.8 Å². The van der Waals surface area contributed by atoms with Gasteiger partial charge in [-0.2, -0.15) is 0 Å². The van der Waals surface area contributed by atoms with E-state index in [1.165, 1.54) is 22.6 Å². The van der Waals surface area contributed by atoms with Gasteiger partial charge in [-0.3, -0.25) is 19.3 Å². The molecule has 1 saturated carbocycles. The van der Waals surface area contributed by atoms with Gasteiger partial charge in [0, 0.05) is 5.69 Å². The average Bonchev–Trinajstić information content (AvgIpc) is 3.22. The maximum atomic E-state index is 13.4. The van der Waals surface area contributed by atoms with Crippen LogP contribution in [-0.4, -0.2) is 36.9 Å². The number of hydrogen-bond donors (Lipinski definition) is 1. The molecule has 3 aromatic carbocycles. The highest BCUT2D eigenvalue weighted by Gasteiger charge is 2.50. The van der Waals surface area contributed by atoms with E-state index in [2.05, 4.69) is 17.4 Å². The highest BCUT2D eigenvalue weighted by atomic mass is 16.5. The van der Waals surface area contributed by atoms with Crippen LogP contribution >= 0.6 is 0 Å². The van der Waals surface area contributed by atoms with Crippen LogP contribution in [0.25, 0.3) is 0 Å². The van der Waals surface area contributed by atoms with Gasteiger partial charge in [0.1, 0.15) is 5.75 Å². The van der Waals surface area contributed by atoms with Crippen molar-refractivity contribution in [1.82, 2.24) is 0 Å². The molecule has 1 N–H and O–H groups in total. The molecule has 1 saturated heterocycles. The van der Waals surface area contributed by atoms with Crippen LogP contribution in [0.3, 0.4) is 0 Å². The molecule has 1 aliphatic carbocycles. The number of fused-ring (bicyclic) bond motifs is 1. The van der Waals surface area contributed by atoms with Crippen LogP contribution in [0.4, 0.5) is 11.4 Å². The first kappa shape index (κ1) is 26.2. The predicted octanol–water partition coefficient (Wildman–Crippen LogP) is 4.95. The Morgan fingerprint density at radius 1 is 0.897 bits per heavy atom. The number of hydrogen-bond acceptors (Lipinski definition) is 6. The van der Waals surface area contributed by atoms with Gasteiger partial charge in [0.15, 0.2) is 6.61 Å². The first-order valence-corrected chi connectivity index (χ1v) is 13.2. The molecule has 1 heterocycles. The minimum atomic E-state index is -0.723. The van der Waals surface area contributed by atoms with Gasteiger partial charge in [-0.1, -0.05) is 36.4 Å². The van der Waals surface area contributed by atoms with Gasteiger partial charge in [0.05, 0.1) is 29.7 Å². The van der Waals surface area contributed by atoms with Crippen LogP contribution in [0.1, 0.15) is 48.0 Å². The average molecular weight is 527 g/mol. The highest BCUT2D eigenvalue weighted by Crippen LogP contribution is 2.45. The molecule has 0 radical (unpaired) electrons. The molecule has 3 aromatic rings. The number of nitrogens with one attached hydrogen (secondary N) is 1. The molecule has 0 bridgehead atoms. The number of esters is 1. The molecule has 2 aliphatic rings. The Morgan fingerprint density at radius 3 is 2.38 bits per heavy atom. The first-order chi connectivity index (χ1) is 18.9. The molecule has 0 spiro atoms. The lowest BCUT2D eigenvalue weighted by Crippen LogP contribution is -2.31. The number of carbonyl (C=O) groups is 4. The monoisotopic (exact) mass is 526 g/mol. The van der Waals surface area contributed by atoms with Crippen molar-refractivity contribution in [2.45, 2.75) is 32.1 Å². The van der Waals surface area contributed by atoms with E-state index < -0.39 is 18.5 Å². The van der Waals surface area contributed by atoms with Gasteiger partial charge in [-0.15, -0.1) is 0 Å². The standard InChI is InChI=1S/C31H30N2O6/c1-2-38-25-14-12-23(13-15-25)32-28(34)19-39-31(37)22-9-6-10-24(17-22)33-29(35)26-16-11-21(18-27(26)30(33)36)20-7-4-3-5-8-20/h3-10,12-15,17,21,26-27H,2,11,16,18-19H2,1H3,(H,32,34)/t21-,26-,27-/m1/s1. The lowest BCUT2D eigenvalue weighted by atomic mass is 9.73. The van der Waals surface area contributed by atoms with Gasteiger partial charge in [0.25, 0.3) is 5.91 Å². The fourth-order valence-electron chi connectivity index (χ4n) is 5.45. The Balaban J connectivity index is 1.21. The molecule has 5 rings (SSSR count). The molecule has 39 heavy (non-hydrogen) atoms. The molecule has 2 fully saturated rings. The fourth-order valence-corrected chi connectivity index (χ4v) is 5.45. The third kappa shape index (κ3) is 5.70. The fraction of sp³-hybridized carbons (Fsp3) is 0.290. The SMILES string of the molecule is CCOc1ccc(NC(=O)COC(=O)c2cccc(N3C(=O)[C@@H]4CC[C@@H](c5ccccc5)C[C@H]4C3=O)c2)cc1. The van der Waals surface area contributed by atoms with E-state index >= 15 is 0 Å². The number of benzene rings is 3. The van der Waals surface area contributed by atoms with E-state index in [0.29, 0.717) is 36.6 Å². The Kier molecular flexibility index (Phi) is 7.72.